The molecule has 2 heterocycles. The smallest absolute Gasteiger partial charge is 0.393 e. The fourth-order valence-corrected chi connectivity index (χ4v) is 6.00. The molecule has 220 valence electrons. The molecule has 1 unspecified atom stereocenters. The van der Waals surface area contributed by atoms with Crippen molar-refractivity contribution < 1.29 is 23.1 Å². The van der Waals surface area contributed by atoms with Crippen molar-refractivity contribution in [3.63, 3.8) is 0 Å². The zero-order valence-electron chi connectivity index (χ0n) is 23.2. The molecule has 2 aromatic carbocycles. The highest BCUT2D eigenvalue weighted by atomic mass is 35.5. The molecule has 2 aliphatic rings. The van der Waals surface area contributed by atoms with Crippen LogP contribution in [0.5, 0.6) is 0 Å². The zero-order chi connectivity index (χ0) is 28.6. The van der Waals surface area contributed by atoms with Gasteiger partial charge in [-0.2, -0.15) is 13.2 Å². The first kappa shape index (κ1) is 30.7. The van der Waals surface area contributed by atoms with Crippen LogP contribution < -0.4 is 10.6 Å². The van der Waals surface area contributed by atoms with E-state index in [-0.39, 0.29) is 36.1 Å². The molecule has 3 N–H and O–H groups in total. The fraction of sp³-hybridized carbons (Fsp3) is 0.433. The molecule has 3 atom stereocenters. The fourth-order valence-electron chi connectivity index (χ4n) is 6.00. The van der Waals surface area contributed by atoms with E-state index in [2.05, 4.69) is 32.4 Å². The number of aryl methyl sites for hydroxylation is 1. The van der Waals surface area contributed by atoms with Gasteiger partial charge in [-0.3, -0.25) is 9.69 Å². The quantitative estimate of drug-likeness (QED) is 0.309. The first-order valence-electron chi connectivity index (χ1n) is 13.7. The van der Waals surface area contributed by atoms with Crippen LogP contribution in [0.25, 0.3) is 11.3 Å². The van der Waals surface area contributed by atoms with Crippen molar-refractivity contribution in [1.29, 1.82) is 0 Å². The first-order chi connectivity index (χ1) is 19.0. The van der Waals surface area contributed by atoms with Gasteiger partial charge in [0.1, 0.15) is 12.1 Å². The van der Waals surface area contributed by atoms with Gasteiger partial charge in [-0.15, -0.1) is 12.4 Å². The number of hydrogen-bond acceptors (Lipinski definition) is 6. The number of carbonyl (C=O) groups is 1. The molecule has 1 aliphatic carbocycles. The number of amides is 1. The van der Waals surface area contributed by atoms with Crippen LogP contribution in [0.15, 0.2) is 48.8 Å². The summed E-state index contributed by atoms with van der Waals surface area (Å²) >= 11 is 0. The van der Waals surface area contributed by atoms with Gasteiger partial charge in [0.2, 0.25) is 5.91 Å². The summed E-state index contributed by atoms with van der Waals surface area (Å²) in [5, 5.41) is 16.3. The number of benzene rings is 2. The highest BCUT2D eigenvalue weighted by Crippen LogP contribution is 2.37. The number of nitrogens with one attached hydrogen (secondary N) is 2. The highest BCUT2D eigenvalue weighted by molar-refractivity contribution is 5.98. The molecule has 0 spiro atoms. The van der Waals surface area contributed by atoms with E-state index >= 15 is 0 Å². The third-order valence-corrected chi connectivity index (χ3v) is 7.90. The Bertz CT molecular complexity index is 1400. The Morgan fingerprint density at radius 3 is 2.59 bits per heavy atom. The maximum absolute atomic E-state index is 13.7. The Kier molecular flexibility index (Phi) is 9.25. The lowest BCUT2D eigenvalue weighted by Gasteiger charge is -2.31. The third kappa shape index (κ3) is 6.66. The second-order valence-electron chi connectivity index (χ2n) is 11.0. The zero-order valence-corrected chi connectivity index (χ0v) is 24.0. The van der Waals surface area contributed by atoms with E-state index in [1.165, 1.54) is 12.4 Å². The minimum atomic E-state index is -4.57. The van der Waals surface area contributed by atoms with Crippen LogP contribution in [-0.4, -0.2) is 50.1 Å². The van der Waals surface area contributed by atoms with Gasteiger partial charge in [0.25, 0.3) is 0 Å². The van der Waals surface area contributed by atoms with E-state index in [1.54, 1.807) is 6.07 Å². The van der Waals surface area contributed by atoms with Crippen LogP contribution in [-0.2, 0) is 23.8 Å². The summed E-state index contributed by atoms with van der Waals surface area (Å²) in [5.41, 5.74) is 2.91. The van der Waals surface area contributed by atoms with E-state index in [0.29, 0.717) is 36.3 Å². The molecule has 41 heavy (non-hydrogen) atoms. The number of anilines is 3. The maximum Gasteiger partial charge on any atom is 0.416 e. The number of nitrogens with zero attached hydrogens (tertiary/aromatic N) is 3. The second-order valence-corrected chi connectivity index (χ2v) is 11.0. The molecule has 5 rings (SSSR count). The molecule has 0 saturated carbocycles. The molecule has 3 aromatic rings. The standard InChI is InChI=1S/C30H34F3N5O2.ClH/c1-17(2)38-18(3)7-12-27(38)29(40)37-26-13-20(30(31,32)33)9-11-22(26)25-15-28(35-16-34-25)36-24-6-4-5-19-8-10-21(39)14-23(19)24;/h4-6,9,11,13,15-18,21,27,39H,7-8,10,12,14H2,1-3H3,(H,37,40)(H,34,35,36);1H/t18-,21?,27+;/m1./s1. The number of halogens is 4. The number of fused-ring (bicyclic) bond motifs is 1. The van der Waals surface area contributed by atoms with Gasteiger partial charge in [-0.05, 0) is 75.8 Å². The Morgan fingerprint density at radius 2 is 1.85 bits per heavy atom. The largest absolute Gasteiger partial charge is 0.416 e. The summed E-state index contributed by atoms with van der Waals surface area (Å²) < 4.78 is 41.0. The molecule has 11 heteroatoms. The molecule has 0 bridgehead atoms. The van der Waals surface area contributed by atoms with Gasteiger partial charge < -0.3 is 15.7 Å². The van der Waals surface area contributed by atoms with Gasteiger partial charge in [0, 0.05) is 35.8 Å². The van der Waals surface area contributed by atoms with Crippen molar-refractivity contribution in [2.45, 2.75) is 83.3 Å². The number of aliphatic hydroxyl groups excluding tert-OH is 1. The van der Waals surface area contributed by atoms with E-state index < -0.39 is 23.9 Å². The summed E-state index contributed by atoms with van der Waals surface area (Å²) in [6.45, 7) is 6.08. The highest BCUT2D eigenvalue weighted by Gasteiger charge is 2.38. The van der Waals surface area contributed by atoms with E-state index in [0.717, 1.165) is 41.8 Å². The molecule has 0 radical (unpaired) electrons. The lowest BCUT2D eigenvalue weighted by atomic mass is 9.88. The minimum absolute atomic E-state index is 0. The SMILES string of the molecule is CC(C)N1[C@H](C)CC[C@H]1C(=O)Nc1cc(C(F)(F)F)ccc1-c1cc(Nc2cccc3c2CC(O)CC3)ncn1.Cl. The number of likely N-dealkylation sites (tertiary alicyclic amines) is 1. The molecule has 1 aromatic heterocycles. The van der Waals surface area contributed by atoms with Crippen molar-refractivity contribution in [3.8, 4) is 11.3 Å². The molecular formula is C30H35ClF3N5O2. The summed E-state index contributed by atoms with van der Waals surface area (Å²) in [7, 11) is 0. The van der Waals surface area contributed by atoms with Crippen LogP contribution in [0.1, 0.15) is 56.7 Å². The normalized spacial score (nSPS) is 20.8. The second kappa shape index (κ2) is 12.3. The van der Waals surface area contributed by atoms with Crippen molar-refractivity contribution in [2.24, 2.45) is 0 Å². The van der Waals surface area contributed by atoms with Crippen molar-refractivity contribution in [1.82, 2.24) is 14.9 Å². The van der Waals surface area contributed by atoms with Crippen LogP contribution in [0, 0.1) is 0 Å². The lowest BCUT2D eigenvalue weighted by Crippen LogP contribution is -2.46. The van der Waals surface area contributed by atoms with Gasteiger partial charge in [-0.1, -0.05) is 18.2 Å². The van der Waals surface area contributed by atoms with Gasteiger partial charge in [-0.25, -0.2) is 9.97 Å². The number of aromatic nitrogens is 2. The Labute approximate surface area is 244 Å². The average Bonchev–Trinajstić information content (AvgIpc) is 3.30. The number of carbonyl (C=O) groups excluding carboxylic acids is 1. The monoisotopic (exact) mass is 589 g/mol. The summed E-state index contributed by atoms with van der Waals surface area (Å²) in [6.07, 6.45) is -0.148. The Morgan fingerprint density at radius 1 is 1.07 bits per heavy atom. The van der Waals surface area contributed by atoms with E-state index in [1.807, 2.05) is 32.0 Å². The van der Waals surface area contributed by atoms with Crippen LogP contribution in [0.4, 0.5) is 30.4 Å². The number of rotatable bonds is 6. The Balaban J connectivity index is 0.00000387. The summed E-state index contributed by atoms with van der Waals surface area (Å²) in [6, 6.07) is 10.7. The summed E-state index contributed by atoms with van der Waals surface area (Å²) in [4.78, 5) is 24.1. The van der Waals surface area contributed by atoms with Crippen molar-refractivity contribution in [3.05, 3.63) is 65.5 Å². The topological polar surface area (TPSA) is 90.4 Å². The first-order valence-corrected chi connectivity index (χ1v) is 13.7. The lowest BCUT2D eigenvalue weighted by molar-refractivity contribution is -0.137. The molecule has 7 nitrogen and oxygen atoms in total. The average molecular weight is 590 g/mol. The van der Waals surface area contributed by atoms with E-state index in [9.17, 15) is 23.1 Å². The molecule has 1 amide bonds. The predicted octanol–water partition coefficient (Wildman–Crippen LogP) is 6.38. The van der Waals surface area contributed by atoms with Gasteiger partial charge in [0.05, 0.1) is 29.1 Å². The molecule has 1 saturated heterocycles. The third-order valence-electron chi connectivity index (χ3n) is 7.90. The van der Waals surface area contributed by atoms with Crippen LogP contribution >= 0.6 is 12.4 Å². The maximum atomic E-state index is 13.7. The molecular weight excluding hydrogens is 555 g/mol. The van der Waals surface area contributed by atoms with Crippen molar-refractivity contribution >= 4 is 35.5 Å². The van der Waals surface area contributed by atoms with Crippen molar-refractivity contribution in [2.75, 3.05) is 10.6 Å². The van der Waals surface area contributed by atoms with E-state index in [4.69, 9.17) is 0 Å². The Hall–Kier alpha value is -3.21. The van der Waals surface area contributed by atoms with Crippen LogP contribution in [0.2, 0.25) is 0 Å². The number of hydrogen-bond donors (Lipinski definition) is 3. The molecule has 1 fully saturated rings. The van der Waals surface area contributed by atoms with Crippen LogP contribution in [0.3, 0.4) is 0 Å². The molecule has 1 aliphatic heterocycles. The summed E-state index contributed by atoms with van der Waals surface area (Å²) in [5.74, 6) is 0.117. The van der Waals surface area contributed by atoms with Gasteiger partial charge in [0.15, 0.2) is 0 Å². The number of alkyl halides is 3. The van der Waals surface area contributed by atoms with Gasteiger partial charge >= 0.3 is 6.18 Å². The minimum Gasteiger partial charge on any atom is -0.393 e. The predicted molar refractivity (Wildman–Crippen MR) is 156 cm³/mol. The number of aliphatic hydroxyl groups is 1.